The van der Waals surface area contributed by atoms with E-state index < -0.39 is 10.0 Å². The molecule has 0 fully saturated rings. The second kappa shape index (κ2) is 9.27. The molecule has 2 rings (SSSR count). The lowest BCUT2D eigenvalue weighted by molar-refractivity contribution is 0.0784. The van der Waals surface area contributed by atoms with Gasteiger partial charge in [0.1, 0.15) is 0 Å². The summed E-state index contributed by atoms with van der Waals surface area (Å²) in [4.78, 5) is 14.4. The third kappa shape index (κ3) is 5.38. The van der Waals surface area contributed by atoms with Crippen molar-refractivity contribution in [2.24, 2.45) is 0 Å². The second-order valence-electron chi connectivity index (χ2n) is 5.68. The highest BCUT2D eigenvalue weighted by Crippen LogP contribution is 2.23. The first-order chi connectivity index (χ1) is 12.3. The Labute approximate surface area is 162 Å². The van der Waals surface area contributed by atoms with Crippen LogP contribution in [0, 0.1) is 0 Å². The van der Waals surface area contributed by atoms with Crippen molar-refractivity contribution in [1.82, 2.24) is 9.62 Å². The Morgan fingerprint density at radius 2 is 1.88 bits per heavy atom. The number of sulfonamides is 1. The highest BCUT2D eigenvalue weighted by molar-refractivity contribution is 9.10. The molecule has 1 amide bonds. The maximum atomic E-state index is 12.8. The number of halogens is 1. The van der Waals surface area contributed by atoms with Crippen LogP contribution in [0.2, 0.25) is 0 Å². The second-order valence-corrected chi connectivity index (χ2v) is 8.30. The van der Waals surface area contributed by atoms with Gasteiger partial charge in [0.05, 0.1) is 17.1 Å². The fraction of sp³-hybridized carbons (Fsp3) is 0.278. The summed E-state index contributed by atoms with van der Waals surface area (Å²) in [7, 11) is -0.538. The third-order valence-electron chi connectivity index (χ3n) is 3.69. The van der Waals surface area contributed by atoms with E-state index in [4.69, 9.17) is 4.74 Å². The van der Waals surface area contributed by atoms with Gasteiger partial charge in [-0.25, -0.2) is 13.1 Å². The van der Waals surface area contributed by atoms with Crippen LogP contribution in [0.15, 0.2) is 57.9 Å². The first-order valence-electron chi connectivity index (χ1n) is 7.92. The van der Waals surface area contributed by atoms with Crippen molar-refractivity contribution in [2.75, 3.05) is 27.3 Å². The topological polar surface area (TPSA) is 75.7 Å². The Bertz CT molecular complexity index is 857. The highest BCUT2D eigenvalue weighted by Gasteiger charge is 2.20. The molecule has 0 bridgehead atoms. The lowest BCUT2D eigenvalue weighted by atomic mass is 10.1. The molecule has 0 aliphatic heterocycles. The largest absolute Gasteiger partial charge is 0.383 e. The average Bonchev–Trinajstić information content (AvgIpc) is 2.62. The van der Waals surface area contributed by atoms with Crippen LogP contribution in [-0.2, 0) is 21.3 Å². The van der Waals surface area contributed by atoms with E-state index in [1.165, 1.54) is 19.2 Å². The molecule has 0 unspecified atom stereocenters. The van der Waals surface area contributed by atoms with E-state index in [9.17, 15) is 13.2 Å². The molecule has 0 radical (unpaired) electrons. The van der Waals surface area contributed by atoms with Crippen LogP contribution in [0.3, 0.4) is 0 Å². The molecule has 2 aromatic carbocycles. The van der Waals surface area contributed by atoms with Crippen LogP contribution in [0.4, 0.5) is 0 Å². The van der Waals surface area contributed by atoms with E-state index in [2.05, 4.69) is 20.7 Å². The third-order valence-corrected chi connectivity index (χ3v) is 5.84. The van der Waals surface area contributed by atoms with Gasteiger partial charge in [0.15, 0.2) is 0 Å². The lowest BCUT2D eigenvalue weighted by Gasteiger charge is -2.19. The minimum atomic E-state index is -3.71. The molecule has 1 N–H and O–H groups in total. The molecule has 0 saturated heterocycles. The van der Waals surface area contributed by atoms with Crippen molar-refractivity contribution >= 4 is 31.9 Å². The Balaban J connectivity index is 2.21. The van der Waals surface area contributed by atoms with Gasteiger partial charge in [-0.1, -0.05) is 30.3 Å². The van der Waals surface area contributed by atoms with Crippen molar-refractivity contribution in [3.63, 3.8) is 0 Å². The molecule has 0 aliphatic rings. The summed E-state index contributed by atoms with van der Waals surface area (Å²) >= 11 is 3.33. The number of hydrogen-bond acceptors (Lipinski definition) is 4. The summed E-state index contributed by atoms with van der Waals surface area (Å²) in [5.74, 6) is -0.269. The van der Waals surface area contributed by atoms with Crippen LogP contribution in [0.5, 0.6) is 0 Å². The van der Waals surface area contributed by atoms with Crippen molar-refractivity contribution < 1.29 is 17.9 Å². The molecule has 2 aromatic rings. The van der Waals surface area contributed by atoms with Gasteiger partial charge in [-0.05, 0) is 39.7 Å². The first-order valence-corrected chi connectivity index (χ1v) is 10.2. The lowest BCUT2D eigenvalue weighted by Crippen LogP contribution is -2.29. The van der Waals surface area contributed by atoms with Crippen LogP contribution in [0.1, 0.15) is 15.9 Å². The predicted molar refractivity (Wildman–Crippen MR) is 103 cm³/mol. The molecule has 6 nitrogen and oxygen atoms in total. The highest BCUT2D eigenvalue weighted by atomic mass is 79.9. The van der Waals surface area contributed by atoms with Crippen LogP contribution < -0.4 is 4.72 Å². The number of nitrogens with one attached hydrogen (secondary N) is 1. The Morgan fingerprint density at radius 3 is 2.54 bits per heavy atom. The summed E-state index contributed by atoms with van der Waals surface area (Å²) in [6.45, 7) is 0.850. The van der Waals surface area contributed by atoms with Crippen molar-refractivity contribution in [2.45, 2.75) is 11.4 Å². The van der Waals surface area contributed by atoms with Gasteiger partial charge >= 0.3 is 0 Å². The number of nitrogens with zero attached hydrogens (tertiary/aromatic N) is 1. The van der Waals surface area contributed by atoms with Crippen LogP contribution in [-0.4, -0.2) is 46.5 Å². The molecular formula is C18H21BrN2O4S. The summed E-state index contributed by atoms with van der Waals surface area (Å²) in [6.07, 6.45) is 0. The molecule has 0 aromatic heterocycles. The first kappa shape index (κ1) is 20.6. The van der Waals surface area contributed by atoms with Gasteiger partial charge in [-0.15, -0.1) is 0 Å². The number of carbonyl (C=O) groups excluding carboxylic acids is 1. The number of carbonyl (C=O) groups is 1. The number of methoxy groups -OCH3 is 1. The molecule has 0 aliphatic carbocycles. The number of benzene rings is 2. The Hall–Kier alpha value is -1.74. The van der Waals surface area contributed by atoms with Crippen molar-refractivity contribution in [1.29, 1.82) is 0 Å². The number of rotatable bonds is 8. The molecule has 0 heterocycles. The van der Waals surface area contributed by atoms with Crippen LogP contribution >= 0.6 is 15.9 Å². The van der Waals surface area contributed by atoms with Gasteiger partial charge < -0.3 is 9.64 Å². The number of ether oxygens (including phenoxy) is 1. The van der Waals surface area contributed by atoms with Crippen LogP contribution in [0.25, 0.3) is 0 Å². The Kier molecular flexibility index (Phi) is 7.33. The summed E-state index contributed by atoms with van der Waals surface area (Å²) in [5, 5.41) is 0. The molecule has 26 heavy (non-hydrogen) atoms. The summed E-state index contributed by atoms with van der Waals surface area (Å²) in [6, 6.07) is 14.0. The number of amides is 1. The van der Waals surface area contributed by atoms with Gasteiger partial charge in [0.2, 0.25) is 10.0 Å². The maximum Gasteiger partial charge on any atom is 0.255 e. The van der Waals surface area contributed by atoms with Crippen molar-refractivity contribution in [3.05, 3.63) is 64.1 Å². The zero-order chi connectivity index (χ0) is 19.2. The smallest absolute Gasteiger partial charge is 0.255 e. The monoisotopic (exact) mass is 440 g/mol. The maximum absolute atomic E-state index is 12.8. The van der Waals surface area contributed by atoms with Crippen molar-refractivity contribution in [3.8, 4) is 0 Å². The normalized spacial score (nSPS) is 11.3. The Morgan fingerprint density at radius 1 is 1.19 bits per heavy atom. The quantitative estimate of drug-likeness (QED) is 0.640. The average molecular weight is 441 g/mol. The van der Waals surface area contributed by atoms with E-state index in [0.29, 0.717) is 11.0 Å². The zero-order valence-corrected chi connectivity index (χ0v) is 17.0. The zero-order valence-electron chi connectivity index (χ0n) is 14.6. The fourth-order valence-electron chi connectivity index (χ4n) is 2.33. The molecule has 0 saturated carbocycles. The number of hydrogen-bond donors (Lipinski definition) is 1. The molecule has 0 atom stereocenters. The van der Waals surface area contributed by atoms with E-state index >= 15 is 0 Å². The minimum absolute atomic E-state index is 0.0354. The molecular weight excluding hydrogens is 420 g/mol. The SMILES string of the molecule is COCCNS(=O)(=O)c1ccc(Br)c(C(=O)N(C)Cc2ccccc2)c1. The molecule has 140 valence electrons. The molecule has 8 heteroatoms. The van der Waals surface area contributed by atoms with E-state index in [0.717, 1.165) is 5.56 Å². The summed E-state index contributed by atoms with van der Waals surface area (Å²) < 4.78 is 32.5. The predicted octanol–water partition coefficient (Wildman–Crippen LogP) is 2.65. The van der Waals surface area contributed by atoms with E-state index in [-0.39, 0.29) is 29.5 Å². The summed E-state index contributed by atoms with van der Waals surface area (Å²) in [5.41, 5.74) is 1.28. The van der Waals surface area contributed by atoms with Gasteiger partial charge in [0.25, 0.3) is 5.91 Å². The van der Waals surface area contributed by atoms with Gasteiger partial charge in [-0.2, -0.15) is 0 Å². The standard InChI is InChI=1S/C18H21BrN2O4S/c1-21(13-14-6-4-3-5-7-14)18(22)16-12-15(8-9-17(16)19)26(23,24)20-10-11-25-2/h3-9,12,20H,10-11,13H2,1-2H3. The molecule has 0 spiro atoms. The van der Waals surface area contributed by atoms with Gasteiger partial charge in [0, 0.05) is 31.7 Å². The van der Waals surface area contributed by atoms with Gasteiger partial charge in [-0.3, -0.25) is 4.79 Å². The van der Waals surface area contributed by atoms with E-state index in [1.54, 1.807) is 18.0 Å². The van der Waals surface area contributed by atoms with E-state index in [1.807, 2.05) is 30.3 Å². The fourth-order valence-corrected chi connectivity index (χ4v) is 3.79. The minimum Gasteiger partial charge on any atom is -0.383 e.